The van der Waals surface area contributed by atoms with E-state index >= 15 is 0 Å². The van der Waals surface area contributed by atoms with Crippen molar-refractivity contribution in [2.24, 2.45) is 4.99 Å². The highest BCUT2D eigenvalue weighted by molar-refractivity contribution is 6.42. The van der Waals surface area contributed by atoms with Gasteiger partial charge in [-0.05, 0) is 18.2 Å². The van der Waals surface area contributed by atoms with Crippen molar-refractivity contribution in [1.29, 1.82) is 0 Å². The van der Waals surface area contributed by atoms with Crippen LogP contribution in [0, 0.1) is 0 Å². The molecule has 0 unspecified atom stereocenters. The van der Waals surface area contributed by atoms with E-state index in [0.717, 1.165) is 0 Å². The van der Waals surface area contributed by atoms with E-state index in [4.69, 9.17) is 33.4 Å². The van der Waals surface area contributed by atoms with E-state index < -0.39 is 24.1 Å². The molecule has 0 bridgehead atoms. The van der Waals surface area contributed by atoms with Crippen LogP contribution in [0.2, 0.25) is 10.0 Å². The Bertz CT molecular complexity index is 499. The fourth-order valence-electron chi connectivity index (χ4n) is 1.02. The summed E-state index contributed by atoms with van der Waals surface area (Å²) in [5.74, 6) is -2.66. The molecule has 90 valence electrons. The number of aliphatic imine (C=N–C) groups is 1. The number of rotatable bonds is 4. The molecule has 0 aliphatic carbocycles. The molecule has 2 N–H and O–H groups in total. The first-order valence-electron chi connectivity index (χ1n) is 4.38. The molecule has 7 heteroatoms. The highest BCUT2D eigenvalue weighted by Gasteiger charge is 2.14. The molecule has 0 saturated carbocycles. The maximum absolute atomic E-state index is 10.7. The highest BCUT2D eigenvalue weighted by Crippen LogP contribution is 2.26. The first kappa shape index (κ1) is 13.5. The second kappa shape index (κ2) is 5.65. The molecular formula is C10H7Cl2NO4. The second-order valence-corrected chi connectivity index (χ2v) is 3.85. The Morgan fingerprint density at radius 1 is 1.18 bits per heavy atom. The zero-order valence-corrected chi connectivity index (χ0v) is 9.87. The van der Waals surface area contributed by atoms with Gasteiger partial charge in [-0.15, -0.1) is 0 Å². The van der Waals surface area contributed by atoms with Gasteiger partial charge in [0.2, 0.25) is 0 Å². The molecule has 0 heterocycles. The number of carbonyl (C=O) groups is 2. The van der Waals surface area contributed by atoms with Crippen molar-refractivity contribution in [2.45, 2.75) is 6.42 Å². The highest BCUT2D eigenvalue weighted by atomic mass is 35.5. The van der Waals surface area contributed by atoms with Gasteiger partial charge in [0.25, 0.3) is 0 Å². The van der Waals surface area contributed by atoms with Crippen molar-refractivity contribution in [2.75, 3.05) is 0 Å². The number of carboxylic acids is 2. The third-order valence-corrected chi connectivity index (χ3v) is 2.47. The van der Waals surface area contributed by atoms with Crippen LogP contribution in [0.15, 0.2) is 23.2 Å². The van der Waals surface area contributed by atoms with E-state index in [-0.39, 0.29) is 10.7 Å². The monoisotopic (exact) mass is 275 g/mol. The van der Waals surface area contributed by atoms with E-state index in [1.54, 1.807) is 0 Å². The van der Waals surface area contributed by atoms with E-state index in [1.165, 1.54) is 18.2 Å². The van der Waals surface area contributed by atoms with Crippen LogP contribution in [0.5, 0.6) is 0 Å². The fourth-order valence-corrected chi connectivity index (χ4v) is 1.31. The average molecular weight is 276 g/mol. The van der Waals surface area contributed by atoms with Gasteiger partial charge in [-0.3, -0.25) is 4.79 Å². The second-order valence-electron chi connectivity index (χ2n) is 3.03. The van der Waals surface area contributed by atoms with E-state index in [9.17, 15) is 9.59 Å². The Hall–Kier alpha value is -1.59. The van der Waals surface area contributed by atoms with Crippen LogP contribution in [0.1, 0.15) is 6.42 Å². The average Bonchev–Trinajstić information content (AvgIpc) is 2.21. The first-order chi connectivity index (χ1) is 7.90. The minimum atomic E-state index is -1.39. The summed E-state index contributed by atoms with van der Waals surface area (Å²) in [4.78, 5) is 24.9. The standard InChI is InChI=1S/C10H7Cl2NO4/c11-6-2-1-5(3-7(6)12)13-8(10(16)17)4-9(14)15/h1-3H,4H2,(H,14,15)(H,16,17). The van der Waals surface area contributed by atoms with Gasteiger partial charge in [0.15, 0.2) is 0 Å². The Morgan fingerprint density at radius 3 is 2.29 bits per heavy atom. The topological polar surface area (TPSA) is 87.0 Å². The van der Waals surface area contributed by atoms with Gasteiger partial charge < -0.3 is 10.2 Å². The third kappa shape index (κ3) is 4.05. The number of hydrogen-bond acceptors (Lipinski definition) is 3. The van der Waals surface area contributed by atoms with Crippen LogP contribution in [-0.4, -0.2) is 27.9 Å². The molecule has 0 radical (unpaired) electrons. The van der Waals surface area contributed by atoms with Crippen LogP contribution in [0.3, 0.4) is 0 Å². The molecule has 1 aromatic rings. The van der Waals surface area contributed by atoms with Crippen molar-refractivity contribution in [3.8, 4) is 0 Å². The largest absolute Gasteiger partial charge is 0.481 e. The summed E-state index contributed by atoms with van der Waals surface area (Å²) >= 11 is 11.4. The number of aliphatic carboxylic acids is 2. The minimum absolute atomic E-state index is 0.216. The molecule has 17 heavy (non-hydrogen) atoms. The molecule has 1 aromatic carbocycles. The summed E-state index contributed by atoms with van der Waals surface area (Å²) in [6, 6.07) is 4.25. The maximum Gasteiger partial charge on any atom is 0.350 e. The Morgan fingerprint density at radius 2 is 1.82 bits per heavy atom. The van der Waals surface area contributed by atoms with Crippen molar-refractivity contribution >= 4 is 46.5 Å². The number of halogens is 2. The molecule has 0 spiro atoms. The molecule has 0 atom stereocenters. The minimum Gasteiger partial charge on any atom is -0.481 e. The zero-order chi connectivity index (χ0) is 13.0. The summed E-state index contributed by atoms with van der Waals surface area (Å²) in [5.41, 5.74) is -0.242. The quantitative estimate of drug-likeness (QED) is 0.827. The molecule has 0 saturated heterocycles. The zero-order valence-electron chi connectivity index (χ0n) is 8.35. The predicted octanol–water partition coefficient (Wildman–Crippen LogP) is 2.63. The van der Waals surface area contributed by atoms with Crippen LogP contribution < -0.4 is 0 Å². The van der Waals surface area contributed by atoms with Crippen molar-refractivity contribution in [3.05, 3.63) is 28.2 Å². The van der Waals surface area contributed by atoms with Crippen LogP contribution in [0.4, 0.5) is 5.69 Å². The summed E-state index contributed by atoms with van der Waals surface area (Å²) in [6.45, 7) is 0. The summed E-state index contributed by atoms with van der Waals surface area (Å²) < 4.78 is 0. The van der Waals surface area contributed by atoms with Gasteiger partial charge in [-0.2, -0.15) is 0 Å². The van der Waals surface area contributed by atoms with Crippen LogP contribution in [0.25, 0.3) is 0 Å². The normalized spacial score (nSPS) is 11.3. The molecular weight excluding hydrogens is 269 g/mol. The van der Waals surface area contributed by atoms with Gasteiger partial charge in [-0.25, -0.2) is 9.79 Å². The van der Waals surface area contributed by atoms with Gasteiger partial charge in [0, 0.05) is 0 Å². The summed E-state index contributed by atoms with van der Waals surface area (Å²) in [7, 11) is 0. The number of carboxylic acid groups (broad SMARTS) is 2. The third-order valence-electron chi connectivity index (χ3n) is 1.73. The summed E-state index contributed by atoms with van der Waals surface area (Å²) in [5, 5.41) is 17.8. The number of nitrogens with zero attached hydrogens (tertiary/aromatic N) is 1. The molecule has 5 nitrogen and oxygen atoms in total. The first-order valence-corrected chi connectivity index (χ1v) is 5.13. The molecule has 0 aliphatic heterocycles. The number of benzene rings is 1. The van der Waals surface area contributed by atoms with E-state index in [2.05, 4.69) is 4.99 Å². The van der Waals surface area contributed by atoms with E-state index in [1.807, 2.05) is 0 Å². The smallest absolute Gasteiger partial charge is 0.350 e. The van der Waals surface area contributed by atoms with E-state index in [0.29, 0.717) is 5.02 Å². The van der Waals surface area contributed by atoms with Gasteiger partial charge in [0.05, 0.1) is 22.2 Å². The van der Waals surface area contributed by atoms with Crippen LogP contribution >= 0.6 is 23.2 Å². The van der Waals surface area contributed by atoms with Crippen molar-refractivity contribution in [1.82, 2.24) is 0 Å². The lowest BCUT2D eigenvalue weighted by molar-refractivity contribution is -0.137. The molecule has 0 aliphatic rings. The lowest BCUT2D eigenvalue weighted by Gasteiger charge is -2.00. The molecule has 0 fully saturated rings. The predicted molar refractivity (Wildman–Crippen MR) is 63.4 cm³/mol. The Balaban J connectivity index is 3.08. The molecule has 0 aromatic heterocycles. The van der Waals surface area contributed by atoms with Gasteiger partial charge in [0.1, 0.15) is 5.71 Å². The Labute approximate surface area is 106 Å². The maximum atomic E-state index is 10.7. The lowest BCUT2D eigenvalue weighted by Crippen LogP contribution is -2.16. The van der Waals surface area contributed by atoms with Crippen LogP contribution in [-0.2, 0) is 9.59 Å². The van der Waals surface area contributed by atoms with Crippen molar-refractivity contribution in [3.63, 3.8) is 0 Å². The molecule has 1 rings (SSSR count). The molecule has 0 amide bonds. The SMILES string of the molecule is O=C(O)CC(=Nc1ccc(Cl)c(Cl)c1)C(=O)O. The summed E-state index contributed by atoms with van der Waals surface area (Å²) in [6.07, 6.45) is -0.671. The van der Waals surface area contributed by atoms with Gasteiger partial charge in [-0.1, -0.05) is 23.2 Å². The Kier molecular flexibility index (Phi) is 4.48. The van der Waals surface area contributed by atoms with Crippen molar-refractivity contribution < 1.29 is 19.8 Å². The number of hydrogen-bond donors (Lipinski definition) is 2. The van der Waals surface area contributed by atoms with Gasteiger partial charge >= 0.3 is 11.9 Å². The lowest BCUT2D eigenvalue weighted by atomic mass is 10.2. The fraction of sp³-hybridized carbons (Fsp3) is 0.100.